The molecular formula is C12H21ClN4. The zero-order valence-electron chi connectivity index (χ0n) is 10.9. The number of rotatable bonds is 4. The highest BCUT2D eigenvalue weighted by atomic mass is 35.5. The Morgan fingerprint density at radius 3 is 2.59 bits per heavy atom. The number of pyridine rings is 1. The number of hydrazine groups is 1. The van der Waals surface area contributed by atoms with E-state index >= 15 is 0 Å². The van der Waals surface area contributed by atoms with Gasteiger partial charge in [0.2, 0.25) is 0 Å². The fourth-order valence-electron chi connectivity index (χ4n) is 1.80. The van der Waals surface area contributed by atoms with Gasteiger partial charge in [0.05, 0.1) is 10.7 Å². The van der Waals surface area contributed by atoms with Crippen LogP contribution in [0.1, 0.15) is 26.5 Å². The molecule has 0 aliphatic rings. The Morgan fingerprint density at radius 2 is 2.06 bits per heavy atom. The number of nitrogen functional groups attached to an aromatic ring is 1. The first-order valence-corrected chi connectivity index (χ1v) is 6.00. The molecule has 5 heteroatoms. The van der Waals surface area contributed by atoms with Gasteiger partial charge in [-0.25, -0.2) is 10.8 Å². The molecule has 0 radical (unpaired) electrons. The average Bonchev–Trinajstić information content (AvgIpc) is 2.18. The maximum Gasteiger partial charge on any atom is 0.140 e. The third kappa shape index (κ3) is 4.89. The largest absolute Gasteiger partial charge is 0.308 e. The van der Waals surface area contributed by atoms with Crippen molar-refractivity contribution in [2.75, 3.05) is 19.0 Å². The molecule has 0 saturated carbocycles. The van der Waals surface area contributed by atoms with E-state index in [9.17, 15) is 0 Å². The van der Waals surface area contributed by atoms with E-state index in [0.717, 1.165) is 12.2 Å². The van der Waals surface area contributed by atoms with E-state index in [0.29, 0.717) is 17.4 Å². The number of hydrogen-bond donors (Lipinski definition) is 2. The van der Waals surface area contributed by atoms with Gasteiger partial charge in [0.1, 0.15) is 5.82 Å². The predicted octanol–water partition coefficient (Wildman–Crippen LogP) is 2.50. The highest BCUT2D eigenvalue weighted by Gasteiger charge is 2.15. The first-order chi connectivity index (χ1) is 7.81. The van der Waals surface area contributed by atoms with Crippen molar-refractivity contribution < 1.29 is 0 Å². The van der Waals surface area contributed by atoms with E-state index in [2.05, 4.69) is 43.1 Å². The summed E-state index contributed by atoms with van der Waals surface area (Å²) >= 11 is 6.11. The van der Waals surface area contributed by atoms with Gasteiger partial charge in [0, 0.05) is 13.1 Å². The number of hydrogen-bond acceptors (Lipinski definition) is 4. The van der Waals surface area contributed by atoms with Crippen LogP contribution in [0.15, 0.2) is 12.1 Å². The SMILES string of the molecule is CN(Cc1nc(NN)ccc1Cl)CC(C)(C)C. The molecule has 0 saturated heterocycles. The molecule has 96 valence electrons. The lowest BCUT2D eigenvalue weighted by atomic mass is 9.96. The summed E-state index contributed by atoms with van der Waals surface area (Å²) in [5.41, 5.74) is 3.62. The monoisotopic (exact) mass is 256 g/mol. The lowest BCUT2D eigenvalue weighted by molar-refractivity contribution is 0.219. The molecule has 0 spiro atoms. The van der Waals surface area contributed by atoms with E-state index in [-0.39, 0.29) is 5.41 Å². The number of aromatic nitrogens is 1. The summed E-state index contributed by atoms with van der Waals surface area (Å²) in [5.74, 6) is 5.97. The fraction of sp³-hybridized carbons (Fsp3) is 0.583. The first-order valence-electron chi connectivity index (χ1n) is 5.62. The van der Waals surface area contributed by atoms with Gasteiger partial charge in [-0.1, -0.05) is 32.4 Å². The zero-order chi connectivity index (χ0) is 13.1. The minimum Gasteiger partial charge on any atom is -0.308 e. The maximum absolute atomic E-state index is 6.11. The second kappa shape index (κ2) is 5.67. The van der Waals surface area contributed by atoms with Crippen LogP contribution >= 0.6 is 11.6 Å². The second-order valence-electron chi connectivity index (χ2n) is 5.50. The molecule has 0 bridgehead atoms. The van der Waals surface area contributed by atoms with E-state index in [1.54, 1.807) is 6.07 Å². The summed E-state index contributed by atoms with van der Waals surface area (Å²) in [6.45, 7) is 8.31. The molecule has 1 aromatic rings. The van der Waals surface area contributed by atoms with Crippen LogP contribution in [0.5, 0.6) is 0 Å². The lowest BCUT2D eigenvalue weighted by Gasteiger charge is -2.26. The molecule has 3 N–H and O–H groups in total. The van der Waals surface area contributed by atoms with Crippen molar-refractivity contribution in [2.45, 2.75) is 27.3 Å². The van der Waals surface area contributed by atoms with E-state index in [1.807, 2.05) is 6.07 Å². The number of nitrogens with two attached hydrogens (primary N) is 1. The van der Waals surface area contributed by atoms with Crippen molar-refractivity contribution in [3.05, 3.63) is 22.8 Å². The zero-order valence-corrected chi connectivity index (χ0v) is 11.7. The highest BCUT2D eigenvalue weighted by molar-refractivity contribution is 6.31. The fourth-order valence-corrected chi connectivity index (χ4v) is 1.96. The molecule has 0 unspecified atom stereocenters. The Hall–Kier alpha value is -0.840. The lowest BCUT2D eigenvalue weighted by Crippen LogP contribution is -2.29. The van der Waals surface area contributed by atoms with Gasteiger partial charge in [-0.2, -0.15) is 0 Å². The molecule has 1 aromatic heterocycles. The summed E-state index contributed by atoms with van der Waals surface area (Å²) in [6, 6.07) is 3.57. The van der Waals surface area contributed by atoms with Crippen LogP contribution in [0.4, 0.5) is 5.82 Å². The number of nitrogens with one attached hydrogen (secondary N) is 1. The van der Waals surface area contributed by atoms with Crippen LogP contribution in [0.25, 0.3) is 0 Å². The van der Waals surface area contributed by atoms with Crippen LogP contribution in [0.2, 0.25) is 5.02 Å². The van der Waals surface area contributed by atoms with Gasteiger partial charge >= 0.3 is 0 Å². The van der Waals surface area contributed by atoms with Crippen LogP contribution in [0, 0.1) is 5.41 Å². The van der Waals surface area contributed by atoms with Gasteiger partial charge in [-0.05, 0) is 24.6 Å². The van der Waals surface area contributed by atoms with Crippen molar-refractivity contribution in [2.24, 2.45) is 11.3 Å². The van der Waals surface area contributed by atoms with E-state index in [4.69, 9.17) is 17.4 Å². The maximum atomic E-state index is 6.11. The summed E-state index contributed by atoms with van der Waals surface area (Å²) in [6.07, 6.45) is 0. The molecular weight excluding hydrogens is 236 g/mol. The Morgan fingerprint density at radius 1 is 1.41 bits per heavy atom. The van der Waals surface area contributed by atoms with Crippen molar-refractivity contribution in [3.8, 4) is 0 Å². The van der Waals surface area contributed by atoms with E-state index in [1.165, 1.54) is 0 Å². The Bertz CT molecular complexity index is 373. The molecule has 4 nitrogen and oxygen atoms in total. The average molecular weight is 257 g/mol. The first kappa shape index (κ1) is 14.2. The van der Waals surface area contributed by atoms with Crippen molar-refractivity contribution in [3.63, 3.8) is 0 Å². The number of nitrogens with zero attached hydrogens (tertiary/aromatic N) is 2. The van der Waals surface area contributed by atoms with Gasteiger partial charge in [0.15, 0.2) is 0 Å². The predicted molar refractivity (Wildman–Crippen MR) is 72.8 cm³/mol. The molecule has 0 aliphatic carbocycles. The number of halogens is 1. The summed E-state index contributed by atoms with van der Waals surface area (Å²) in [4.78, 5) is 6.55. The molecule has 0 aliphatic heterocycles. The molecule has 0 aromatic carbocycles. The van der Waals surface area contributed by atoms with E-state index < -0.39 is 0 Å². The molecule has 17 heavy (non-hydrogen) atoms. The van der Waals surface area contributed by atoms with Crippen LogP contribution in [0.3, 0.4) is 0 Å². The summed E-state index contributed by atoms with van der Waals surface area (Å²) < 4.78 is 0. The standard InChI is InChI=1S/C12H21ClN4/c1-12(2,3)8-17(4)7-10-9(13)5-6-11(15-10)16-14/h5-6H,7-8,14H2,1-4H3,(H,15,16). The molecule has 1 rings (SSSR count). The van der Waals surface area contributed by atoms with Gasteiger partial charge in [0.25, 0.3) is 0 Å². The summed E-state index contributed by atoms with van der Waals surface area (Å²) in [7, 11) is 2.06. The normalized spacial score (nSPS) is 11.9. The van der Waals surface area contributed by atoms with Gasteiger partial charge in [-0.15, -0.1) is 0 Å². The quantitative estimate of drug-likeness (QED) is 0.642. The van der Waals surface area contributed by atoms with Gasteiger partial charge in [-0.3, -0.25) is 4.90 Å². The summed E-state index contributed by atoms with van der Waals surface area (Å²) in [5, 5.41) is 0.671. The van der Waals surface area contributed by atoms with Crippen molar-refractivity contribution >= 4 is 17.4 Å². The van der Waals surface area contributed by atoms with Crippen molar-refractivity contribution in [1.29, 1.82) is 0 Å². The van der Waals surface area contributed by atoms with Crippen LogP contribution < -0.4 is 11.3 Å². The molecule has 0 atom stereocenters. The van der Waals surface area contributed by atoms with Crippen LogP contribution in [-0.2, 0) is 6.54 Å². The third-order valence-corrected chi connectivity index (χ3v) is 2.57. The van der Waals surface area contributed by atoms with Crippen molar-refractivity contribution in [1.82, 2.24) is 9.88 Å². The molecule has 0 amide bonds. The molecule has 1 heterocycles. The topological polar surface area (TPSA) is 54.2 Å². The second-order valence-corrected chi connectivity index (χ2v) is 5.91. The van der Waals surface area contributed by atoms with Gasteiger partial charge < -0.3 is 5.43 Å². The third-order valence-electron chi connectivity index (χ3n) is 2.23. The minimum absolute atomic E-state index is 0.255. The highest BCUT2D eigenvalue weighted by Crippen LogP contribution is 2.20. The Kier molecular flexibility index (Phi) is 4.74. The van der Waals surface area contributed by atoms with Crippen LogP contribution in [-0.4, -0.2) is 23.5 Å². The Balaban J connectivity index is 2.73. The molecule has 0 fully saturated rings. The Labute approximate surface area is 108 Å². The minimum atomic E-state index is 0.255. The smallest absolute Gasteiger partial charge is 0.140 e. The number of anilines is 1.